The van der Waals surface area contributed by atoms with E-state index in [0.717, 1.165) is 23.5 Å². The number of rotatable bonds is 6. The van der Waals surface area contributed by atoms with E-state index in [9.17, 15) is 0 Å². The number of para-hydroxylation sites is 2. The van der Waals surface area contributed by atoms with Gasteiger partial charge >= 0.3 is 0 Å². The molecule has 0 unspecified atom stereocenters. The molecule has 0 aliphatic heterocycles. The summed E-state index contributed by atoms with van der Waals surface area (Å²) in [7, 11) is 0. The highest BCUT2D eigenvalue weighted by Crippen LogP contribution is 2.20. The van der Waals surface area contributed by atoms with Crippen LogP contribution in [-0.4, -0.2) is 0 Å². The molecule has 2 rings (SSSR count). The van der Waals surface area contributed by atoms with Crippen molar-refractivity contribution in [1.82, 2.24) is 0 Å². The number of hydrogen-bond acceptors (Lipinski definition) is 2. The van der Waals surface area contributed by atoms with Crippen molar-refractivity contribution in [2.24, 2.45) is 0 Å². The molecule has 0 saturated heterocycles. The van der Waals surface area contributed by atoms with E-state index in [1.807, 2.05) is 31.2 Å². The van der Waals surface area contributed by atoms with Gasteiger partial charge in [0, 0.05) is 17.1 Å². The number of benzene rings is 2. The SMILES string of the molecule is C/C=C\C(Nc1ccccc1)=C(\C)Nc1ccccc1CC. The zero-order valence-corrected chi connectivity index (χ0v) is 13.6. The van der Waals surface area contributed by atoms with Crippen LogP contribution in [0.4, 0.5) is 11.4 Å². The van der Waals surface area contributed by atoms with Gasteiger partial charge in [0.1, 0.15) is 0 Å². The van der Waals surface area contributed by atoms with Gasteiger partial charge < -0.3 is 10.6 Å². The minimum Gasteiger partial charge on any atom is -0.357 e. The molecule has 2 aromatic rings. The molecule has 2 nitrogen and oxygen atoms in total. The molecular weight excluding hydrogens is 268 g/mol. The fourth-order valence-electron chi connectivity index (χ4n) is 2.32. The standard InChI is InChI=1S/C20H24N2/c1-4-11-19(22-18-13-7-6-8-14-18)16(3)21-20-15-10-9-12-17(20)5-2/h4,6-15,21-22H,5H2,1-3H3/b11-4-,19-16+. The molecule has 0 fully saturated rings. The Morgan fingerprint density at radius 1 is 0.955 bits per heavy atom. The quantitative estimate of drug-likeness (QED) is 0.679. The van der Waals surface area contributed by atoms with Crippen molar-refractivity contribution in [3.63, 3.8) is 0 Å². The van der Waals surface area contributed by atoms with Gasteiger partial charge in [-0.2, -0.15) is 0 Å². The molecule has 114 valence electrons. The van der Waals surface area contributed by atoms with Crippen LogP contribution in [0, 0.1) is 0 Å². The molecule has 2 aromatic carbocycles. The van der Waals surface area contributed by atoms with E-state index in [4.69, 9.17) is 0 Å². The van der Waals surface area contributed by atoms with Gasteiger partial charge in [-0.1, -0.05) is 49.4 Å². The first-order valence-corrected chi connectivity index (χ1v) is 7.75. The summed E-state index contributed by atoms with van der Waals surface area (Å²) >= 11 is 0. The second-order valence-electron chi connectivity index (χ2n) is 5.17. The van der Waals surface area contributed by atoms with Crippen molar-refractivity contribution in [3.05, 3.63) is 83.7 Å². The Labute approximate surface area is 133 Å². The molecule has 0 atom stereocenters. The maximum absolute atomic E-state index is 3.53. The van der Waals surface area contributed by atoms with Gasteiger partial charge in [0.15, 0.2) is 0 Å². The summed E-state index contributed by atoms with van der Waals surface area (Å²) in [5.41, 5.74) is 5.74. The van der Waals surface area contributed by atoms with Crippen LogP contribution in [0.15, 0.2) is 78.1 Å². The van der Waals surface area contributed by atoms with Crippen molar-refractivity contribution < 1.29 is 0 Å². The van der Waals surface area contributed by atoms with E-state index < -0.39 is 0 Å². The van der Waals surface area contributed by atoms with Gasteiger partial charge in [0.05, 0.1) is 5.70 Å². The Balaban J connectivity index is 2.26. The molecule has 0 amide bonds. The summed E-state index contributed by atoms with van der Waals surface area (Å²) in [5, 5.41) is 7.00. The number of anilines is 2. The molecule has 0 radical (unpaired) electrons. The number of hydrogen-bond donors (Lipinski definition) is 2. The molecule has 0 heterocycles. The maximum Gasteiger partial charge on any atom is 0.0574 e. The number of allylic oxidation sites excluding steroid dienone is 3. The van der Waals surface area contributed by atoms with Crippen molar-refractivity contribution in [2.45, 2.75) is 27.2 Å². The Bertz CT molecular complexity index is 654. The second-order valence-corrected chi connectivity index (χ2v) is 5.17. The normalized spacial score (nSPS) is 12.1. The van der Waals surface area contributed by atoms with Crippen LogP contribution >= 0.6 is 0 Å². The monoisotopic (exact) mass is 292 g/mol. The van der Waals surface area contributed by atoms with Crippen LogP contribution in [0.3, 0.4) is 0 Å². The molecule has 0 aliphatic carbocycles. The van der Waals surface area contributed by atoms with Crippen LogP contribution in [0.2, 0.25) is 0 Å². The van der Waals surface area contributed by atoms with E-state index >= 15 is 0 Å². The summed E-state index contributed by atoms with van der Waals surface area (Å²) in [6.45, 7) is 6.30. The minimum absolute atomic E-state index is 1.02. The Hall–Kier alpha value is -2.48. The Morgan fingerprint density at radius 2 is 1.64 bits per heavy atom. The Kier molecular flexibility index (Phi) is 5.84. The lowest BCUT2D eigenvalue weighted by Crippen LogP contribution is -2.07. The Morgan fingerprint density at radius 3 is 2.32 bits per heavy atom. The van der Waals surface area contributed by atoms with Crippen molar-refractivity contribution in [2.75, 3.05) is 10.6 Å². The van der Waals surface area contributed by atoms with Crippen LogP contribution in [0.25, 0.3) is 0 Å². The maximum atomic E-state index is 3.53. The highest BCUT2D eigenvalue weighted by atomic mass is 15.0. The first-order chi connectivity index (χ1) is 10.7. The largest absolute Gasteiger partial charge is 0.357 e. The van der Waals surface area contributed by atoms with Gasteiger partial charge in [-0.05, 0) is 50.1 Å². The van der Waals surface area contributed by atoms with Crippen molar-refractivity contribution in [1.29, 1.82) is 0 Å². The van der Waals surface area contributed by atoms with E-state index in [0.29, 0.717) is 0 Å². The zero-order chi connectivity index (χ0) is 15.8. The highest BCUT2D eigenvalue weighted by Gasteiger charge is 2.04. The fraction of sp³-hybridized carbons (Fsp3) is 0.200. The number of nitrogens with one attached hydrogen (secondary N) is 2. The molecule has 0 bridgehead atoms. The van der Waals surface area contributed by atoms with E-state index in [-0.39, 0.29) is 0 Å². The van der Waals surface area contributed by atoms with Crippen LogP contribution < -0.4 is 10.6 Å². The first-order valence-electron chi connectivity index (χ1n) is 7.75. The third-order valence-electron chi connectivity index (χ3n) is 3.51. The van der Waals surface area contributed by atoms with Gasteiger partial charge in [-0.25, -0.2) is 0 Å². The third-order valence-corrected chi connectivity index (χ3v) is 3.51. The lowest BCUT2D eigenvalue weighted by atomic mass is 10.1. The summed E-state index contributed by atoms with van der Waals surface area (Å²) in [5.74, 6) is 0. The minimum atomic E-state index is 1.02. The molecular formula is C20H24N2. The van der Waals surface area contributed by atoms with E-state index in [1.165, 1.54) is 11.3 Å². The van der Waals surface area contributed by atoms with Gasteiger partial charge in [0.25, 0.3) is 0 Å². The average molecular weight is 292 g/mol. The van der Waals surface area contributed by atoms with Crippen molar-refractivity contribution >= 4 is 11.4 Å². The molecule has 2 N–H and O–H groups in total. The first kappa shape index (κ1) is 15.9. The lowest BCUT2D eigenvalue weighted by Gasteiger charge is -2.16. The topological polar surface area (TPSA) is 24.1 Å². The molecule has 0 spiro atoms. The van der Waals surface area contributed by atoms with Gasteiger partial charge in [-0.15, -0.1) is 0 Å². The van der Waals surface area contributed by atoms with Gasteiger partial charge in [0.2, 0.25) is 0 Å². The fourth-order valence-corrected chi connectivity index (χ4v) is 2.32. The average Bonchev–Trinajstić information content (AvgIpc) is 2.56. The van der Waals surface area contributed by atoms with Crippen LogP contribution in [-0.2, 0) is 6.42 Å². The third kappa shape index (κ3) is 4.26. The summed E-state index contributed by atoms with van der Waals surface area (Å²) < 4.78 is 0. The molecule has 2 heteroatoms. The molecule has 22 heavy (non-hydrogen) atoms. The van der Waals surface area contributed by atoms with E-state index in [2.05, 4.69) is 67.0 Å². The smallest absolute Gasteiger partial charge is 0.0574 e. The van der Waals surface area contributed by atoms with Crippen LogP contribution in [0.1, 0.15) is 26.3 Å². The predicted molar refractivity (Wildman–Crippen MR) is 97.0 cm³/mol. The second kappa shape index (κ2) is 8.08. The summed E-state index contributed by atoms with van der Waals surface area (Å²) in [6.07, 6.45) is 5.15. The highest BCUT2D eigenvalue weighted by molar-refractivity contribution is 5.59. The summed E-state index contributed by atoms with van der Waals surface area (Å²) in [6, 6.07) is 18.6. The molecule has 0 aliphatic rings. The van der Waals surface area contributed by atoms with Crippen molar-refractivity contribution in [3.8, 4) is 0 Å². The zero-order valence-electron chi connectivity index (χ0n) is 13.6. The lowest BCUT2D eigenvalue weighted by molar-refractivity contribution is 1.13. The van der Waals surface area contributed by atoms with E-state index in [1.54, 1.807) is 0 Å². The van der Waals surface area contributed by atoms with Crippen LogP contribution in [0.5, 0.6) is 0 Å². The number of aryl methyl sites for hydroxylation is 1. The molecule has 0 aromatic heterocycles. The summed E-state index contributed by atoms with van der Waals surface area (Å²) in [4.78, 5) is 0. The predicted octanol–water partition coefficient (Wildman–Crippen LogP) is 5.58. The van der Waals surface area contributed by atoms with Gasteiger partial charge in [-0.3, -0.25) is 0 Å². The molecule has 0 saturated carbocycles.